The van der Waals surface area contributed by atoms with Crippen molar-refractivity contribution in [1.29, 1.82) is 0 Å². The molecule has 10 heteroatoms. The van der Waals surface area contributed by atoms with Gasteiger partial charge in [-0.3, -0.25) is 10.1 Å². The third-order valence-corrected chi connectivity index (χ3v) is 5.21. The molecule has 2 N–H and O–H groups in total. The highest BCUT2D eigenvalue weighted by Crippen LogP contribution is 2.37. The van der Waals surface area contributed by atoms with Gasteiger partial charge < -0.3 is 15.1 Å². The predicted molar refractivity (Wildman–Crippen MR) is 121 cm³/mol. The van der Waals surface area contributed by atoms with Gasteiger partial charge in [0.15, 0.2) is 0 Å². The van der Waals surface area contributed by atoms with Crippen molar-refractivity contribution in [3.63, 3.8) is 0 Å². The van der Waals surface area contributed by atoms with Crippen molar-refractivity contribution in [3.8, 4) is 0 Å². The summed E-state index contributed by atoms with van der Waals surface area (Å²) in [7, 11) is 0. The molecule has 0 unspecified atom stereocenters. The zero-order valence-corrected chi connectivity index (χ0v) is 18.0. The molecule has 0 spiro atoms. The van der Waals surface area contributed by atoms with Crippen LogP contribution in [0.3, 0.4) is 0 Å². The van der Waals surface area contributed by atoms with E-state index in [1.54, 1.807) is 6.07 Å². The summed E-state index contributed by atoms with van der Waals surface area (Å²) in [4.78, 5) is 21.3. The Kier molecular flexibility index (Phi) is 7.57. The molecule has 3 aromatic rings. The molecule has 0 aliphatic rings. The first kappa shape index (κ1) is 24.1. The number of nitrogens with one attached hydrogen (secondary N) is 2. The molecule has 1 heterocycles. The van der Waals surface area contributed by atoms with Crippen molar-refractivity contribution in [2.24, 2.45) is 0 Å². The van der Waals surface area contributed by atoms with E-state index in [0.29, 0.717) is 12.1 Å². The van der Waals surface area contributed by atoms with Crippen LogP contribution < -0.4 is 16.3 Å². The lowest BCUT2D eigenvalue weighted by molar-refractivity contribution is -0.388. The van der Waals surface area contributed by atoms with Crippen LogP contribution in [0.1, 0.15) is 36.8 Å². The summed E-state index contributed by atoms with van der Waals surface area (Å²) in [6.07, 6.45) is -1.35. The van der Waals surface area contributed by atoms with Crippen LogP contribution in [0.4, 0.5) is 30.2 Å². The minimum absolute atomic E-state index is 0.202. The number of rotatable bonds is 10. The molecule has 0 aliphatic carbocycles. The zero-order valence-electron chi connectivity index (χ0n) is 18.0. The van der Waals surface area contributed by atoms with Gasteiger partial charge >= 0.3 is 11.8 Å². The number of nitro benzene ring substituents is 1. The molecule has 176 valence electrons. The molecule has 0 aliphatic heterocycles. The second-order valence-electron chi connectivity index (χ2n) is 7.71. The number of benzene rings is 2. The summed E-state index contributed by atoms with van der Waals surface area (Å²) in [6, 6.07) is 10.0. The van der Waals surface area contributed by atoms with E-state index in [0.717, 1.165) is 61.0 Å². The van der Waals surface area contributed by atoms with Crippen LogP contribution in [0.5, 0.6) is 0 Å². The van der Waals surface area contributed by atoms with Crippen LogP contribution in [0.15, 0.2) is 51.7 Å². The third-order valence-electron chi connectivity index (χ3n) is 5.21. The lowest BCUT2D eigenvalue weighted by atomic mass is 10.1. The van der Waals surface area contributed by atoms with E-state index in [1.165, 1.54) is 12.1 Å². The summed E-state index contributed by atoms with van der Waals surface area (Å²) in [5.41, 5.74) is -0.129. The summed E-state index contributed by atoms with van der Waals surface area (Å²) < 4.78 is 44.3. The van der Waals surface area contributed by atoms with Crippen LogP contribution in [-0.2, 0) is 6.18 Å². The number of aryl methyl sites for hydroxylation is 1. The second-order valence-corrected chi connectivity index (χ2v) is 7.71. The fourth-order valence-corrected chi connectivity index (χ4v) is 3.54. The van der Waals surface area contributed by atoms with Crippen LogP contribution in [-0.4, -0.2) is 18.0 Å². The highest BCUT2D eigenvalue weighted by molar-refractivity contribution is 5.83. The van der Waals surface area contributed by atoms with Crippen LogP contribution in [0.2, 0.25) is 0 Å². The number of hydrogen-bond donors (Lipinski definition) is 2. The van der Waals surface area contributed by atoms with Gasteiger partial charge in [-0.2, -0.15) is 13.2 Å². The fourth-order valence-electron chi connectivity index (χ4n) is 3.54. The van der Waals surface area contributed by atoms with Crippen molar-refractivity contribution < 1.29 is 22.5 Å². The highest BCUT2D eigenvalue weighted by atomic mass is 19.4. The largest absolute Gasteiger partial charge is 0.423 e. The topological polar surface area (TPSA) is 97.4 Å². The fraction of sp³-hybridized carbons (Fsp3) is 0.348. The molecule has 0 atom stereocenters. The van der Waals surface area contributed by atoms with Gasteiger partial charge in [-0.1, -0.05) is 12.8 Å². The summed E-state index contributed by atoms with van der Waals surface area (Å²) in [6.45, 7) is 3.05. The molecular formula is C23H24F3N3O4. The Morgan fingerprint density at radius 1 is 0.939 bits per heavy atom. The van der Waals surface area contributed by atoms with Gasteiger partial charge in [0.05, 0.1) is 4.92 Å². The van der Waals surface area contributed by atoms with Gasteiger partial charge in [-0.15, -0.1) is 0 Å². The monoisotopic (exact) mass is 463 g/mol. The van der Waals surface area contributed by atoms with E-state index in [1.807, 2.05) is 19.1 Å². The molecule has 0 bridgehead atoms. The molecule has 0 saturated heterocycles. The summed E-state index contributed by atoms with van der Waals surface area (Å²) >= 11 is 0. The molecule has 0 radical (unpaired) electrons. The van der Waals surface area contributed by atoms with E-state index in [4.69, 9.17) is 4.42 Å². The predicted octanol–water partition coefficient (Wildman–Crippen LogP) is 6.11. The average Bonchev–Trinajstić information content (AvgIpc) is 2.74. The van der Waals surface area contributed by atoms with Gasteiger partial charge in [0.1, 0.15) is 11.1 Å². The Morgan fingerprint density at radius 3 is 2.15 bits per heavy atom. The lowest BCUT2D eigenvalue weighted by Crippen LogP contribution is -2.10. The van der Waals surface area contributed by atoms with E-state index >= 15 is 0 Å². The smallest absolute Gasteiger partial charge is 0.423 e. The maximum absolute atomic E-state index is 13.0. The quantitative estimate of drug-likeness (QED) is 0.163. The Balaban J connectivity index is 1.39. The molecule has 7 nitrogen and oxygen atoms in total. The van der Waals surface area contributed by atoms with Crippen LogP contribution in [0, 0.1) is 17.0 Å². The number of halogens is 3. The average molecular weight is 463 g/mol. The molecular weight excluding hydrogens is 439 g/mol. The van der Waals surface area contributed by atoms with E-state index in [2.05, 4.69) is 10.6 Å². The molecule has 1 aromatic heterocycles. The molecule has 0 amide bonds. The van der Waals surface area contributed by atoms with Gasteiger partial charge in [0, 0.05) is 48.0 Å². The lowest BCUT2D eigenvalue weighted by Gasteiger charge is -2.11. The van der Waals surface area contributed by atoms with Crippen molar-refractivity contribution in [3.05, 3.63) is 74.1 Å². The van der Waals surface area contributed by atoms with Crippen LogP contribution in [0.25, 0.3) is 11.0 Å². The minimum atomic E-state index is -4.79. The van der Waals surface area contributed by atoms with Crippen LogP contribution >= 0.6 is 0 Å². The molecule has 0 fully saturated rings. The van der Waals surface area contributed by atoms with Crippen molar-refractivity contribution in [1.82, 2.24) is 0 Å². The number of hydrogen-bond acceptors (Lipinski definition) is 6. The number of fused-ring (bicyclic) bond motifs is 1. The Hall–Kier alpha value is -3.56. The van der Waals surface area contributed by atoms with E-state index in [9.17, 15) is 28.1 Å². The third kappa shape index (κ3) is 6.47. The van der Waals surface area contributed by atoms with Gasteiger partial charge in [0.2, 0.25) is 0 Å². The Bertz CT molecular complexity index is 1190. The van der Waals surface area contributed by atoms with E-state index in [-0.39, 0.29) is 11.3 Å². The highest BCUT2D eigenvalue weighted by Gasteiger charge is 2.38. The van der Waals surface area contributed by atoms with Crippen molar-refractivity contribution >= 4 is 28.0 Å². The summed E-state index contributed by atoms with van der Waals surface area (Å²) in [5, 5.41) is 17.9. The molecule has 3 rings (SSSR count). The first-order valence-corrected chi connectivity index (χ1v) is 10.5. The zero-order chi connectivity index (χ0) is 24.0. The normalized spacial score (nSPS) is 11.5. The van der Waals surface area contributed by atoms with Crippen molar-refractivity contribution in [2.45, 2.75) is 38.8 Å². The first-order valence-electron chi connectivity index (χ1n) is 10.5. The van der Waals surface area contributed by atoms with E-state index < -0.39 is 22.4 Å². The van der Waals surface area contributed by atoms with Gasteiger partial charge in [0.25, 0.3) is 5.69 Å². The number of nitro groups is 1. The number of unbranched alkanes of at least 4 members (excludes halogenated alkanes) is 3. The number of alkyl halides is 3. The Labute approximate surface area is 187 Å². The summed E-state index contributed by atoms with van der Waals surface area (Å²) in [5.74, 6) is 0. The number of nitrogens with zero attached hydrogens (tertiary/aromatic N) is 1. The maximum atomic E-state index is 13.0. The van der Waals surface area contributed by atoms with Gasteiger partial charge in [-0.25, -0.2) is 4.79 Å². The molecule has 33 heavy (non-hydrogen) atoms. The second kappa shape index (κ2) is 10.4. The Morgan fingerprint density at radius 2 is 1.55 bits per heavy atom. The molecule has 2 aromatic carbocycles. The first-order chi connectivity index (χ1) is 15.6. The van der Waals surface area contributed by atoms with Crippen molar-refractivity contribution in [2.75, 3.05) is 23.7 Å². The minimum Gasteiger partial charge on any atom is -0.423 e. The van der Waals surface area contributed by atoms with Gasteiger partial charge in [-0.05, 0) is 49.6 Å². The SMILES string of the molecule is Cc1cc(=O)oc2cc(NCCCCCCNc3ccc([N+](=O)[O-])c(C(F)(F)F)c3)ccc12. The maximum Gasteiger partial charge on any atom is 0.423 e. The number of anilines is 2. The standard InChI is InChI=1S/C23H24F3N3O4/c1-15-12-22(30)33-21-14-17(6-8-18(15)21)28-11-5-3-2-4-10-27-16-7-9-20(29(31)32)19(13-16)23(24,25)26/h6-9,12-14,27-28H,2-5,10-11H2,1H3. The molecule has 0 saturated carbocycles.